The molecule has 0 spiro atoms. The summed E-state index contributed by atoms with van der Waals surface area (Å²) in [6.45, 7) is 4.72. The average Bonchev–Trinajstić information content (AvgIpc) is 3.38. The van der Waals surface area contributed by atoms with E-state index in [1.807, 2.05) is 74.5 Å². The normalized spacial score (nSPS) is 30.8. The van der Waals surface area contributed by atoms with Crippen LogP contribution in [0.3, 0.4) is 0 Å². The molecule has 5 rings (SSSR count). The number of benzene rings is 2. The van der Waals surface area contributed by atoms with Gasteiger partial charge in [-0.05, 0) is 25.0 Å². The number of fused-ring (bicyclic) bond motifs is 3. The Bertz CT molecular complexity index is 905. The van der Waals surface area contributed by atoms with Crippen LogP contribution in [0.5, 0.6) is 0 Å². The minimum Gasteiger partial charge on any atom is -0.445 e. The van der Waals surface area contributed by atoms with Gasteiger partial charge in [0.2, 0.25) is 0 Å². The van der Waals surface area contributed by atoms with Crippen LogP contribution in [0.1, 0.15) is 25.0 Å². The van der Waals surface area contributed by atoms with Gasteiger partial charge in [-0.25, -0.2) is 4.79 Å². The predicted molar refractivity (Wildman–Crippen MR) is 111 cm³/mol. The molecule has 3 saturated heterocycles. The Hall–Kier alpha value is -2.45. The highest BCUT2D eigenvalue weighted by Gasteiger charge is 2.63. The van der Waals surface area contributed by atoms with Crippen LogP contribution in [0, 0.1) is 0 Å². The molecular weight excluding hydrogens is 398 g/mol. The van der Waals surface area contributed by atoms with E-state index in [0.717, 1.165) is 11.1 Å². The second kappa shape index (κ2) is 8.24. The first-order valence-corrected chi connectivity index (χ1v) is 10.6. The van der Waals surface area contributed by atoms with Crippen molar-refractivity contribution in [2.24, 2.45) is 0 Å². The highest BCUT2D eigenvalue weighted by atomic mass is 16.8. The van der Waals surface area contributed by atoms with E-state index in [2.05, 4.69) is 0 Å². The molecule has 5 atom stereocenters. The van der Waals surface area contributed by atoms with Gasteiger partial charge in [-0.1, -0.05) is 60.7 Å². The molecule has 164 valence electrons. The second-order valence-corrected chi connectivity index (χ2v) is 8.59. The number of hydrogen-bond acceptors (Lipinski definition) is 6. The summed E-state index contributed by atoms with van der Waals surface area (Å²) in [5, 5.41) is 0. The molecule has 1 amide bonds. The maximum Gasteiger partial charge on any atom is 0.410 e. The molecule has 0 aromatic heterocycles. The molecule has 3 heterocycles. The van der Waals surface area contributed by atoms with Crippen LogP contribution in [0.4, 0.5) is 4.79 Å². The molecule has 0 saturated carbocycles. The minimum atomic E-state index is -0.761. The number of likely N-dealkylation sites (tertiary alicyclic amines) is 1. The van der Waals surface area contributed by atoms with Crippen molar-refractivity contribution < 1.29 is 28.5 Å². The molecule has 0 bridgehead atoms. The van der Waals surface area contributed by atoms with Gasteiger partial charge in [-0.15, -0.1) is 0 Å². The van der Waals surface area contributed by atoms with E-state index in [-0.39, 0.29) is 31.0 Å². The second-order valence-electron chi connectivity index (χ2n) is 8.59. The van der Waals surface area contributed by atoms with Gasteiger partial charge < -0.3 is 23.7 Å². The van der Waals surface area contributed by atoms with Crippen molar-refractivity contribution in [2.45, 2.75) is 63.5 Å². The maximum atomic E-state index is 13.0. The lowest BCUT2D eigenvalue weighted by Gasteiger charge is -2.27. The van der Waals surface area contributed by atoms with Gasteiger partial charge in [0, 0.05) is 0 Å². The highest BCUT2D eigenvalue weighted by Crippen LogP contribution is 2.44. The van der Waals surface area contributed by atoms with Crippen LogP contribution in [0.2, 0.25) is 0 Å². The number of rotatable bonds is 5. The number of amides is 1. The number of ether oxygens (including phenoxy) is 5. The van der Waals surface area contributed by atoms with Gasteiger partial charge in [-0.2, -0.15) is 0 Å². The van der Waals surface area contributed by atoms with Crippen molar-refractivity contribution >= 4 is 6.09 Å². The fraction of sp³-hybridized carbons (Fsp3) is 0.458. The topological polar surface area (TPSA) is 66.5 Å². The van der Waals surface area contributed by atoms with E-state index >= 15 is 0 Å². The van der Waals surface area contributed by atoms with Gasteiger partial charge in [0.25, 0.3) is 0 Å². The van der Waals surface area contributed by atoms with E-state index in [4.69, 9.17) is 23.7 Å². The quantitative estimate of drug-likeness (QED) is 0.731. The van der Waals surface area contributed by atoms with Gasteiger partial charge in [0.1, 0.15) is 24.9 Å². The van der Waals surface area contributed by atoms with Crippen LogP contribution in [0.25, 0.3) is 0 Å². The summed E-state index contributed by atoms with van der Waals surface area (Å²) in [6.07, 6.45) is -1.94. The summed E-state index contributed by atoms with van der Waals surface area (Å²) < 4.78 is 29.9. The third-order valence-electron chi connectivity index (χ3n) is 5.90. The number of hydrogen-bond donors (Lipinski definition) is 0. The Morgan fingerprint density at radius 3 is 2.29 bits per heavy atom. The van der Waals surface area contributed by atoms with Crippen molar-refractivity contribution in [1.82, 2.24) is 4.90 Å². The lowest BCUT2D eigenvalue weighted by molar-refractivity contribution is -0.215. The van der Waals surface area contributed by atoms with Gasteiger partial charge in [0.05, 0.1) is 19.2 Å². The molecule has 2 aromatic rings. The Morgan fingerprint density at radius 1 is 0.968 bits per heavy atom. The molecule has 3 fully saturated rings. The van der Waals surface area contributed by atoms with E-state index in [1.165, 1.54) is 0 Å². The monoisotopic (exact) mass is 425 g/mol. The molecule has 7 heteroatoms. The lowest BCUT2D eigenvalue weighted by Crippen LogP contribution is -2.46. The van der Waals surface area contributed by atoms with Crippen LogP contribution >= 0.6 is 0 Å². The first kappa shape index (κ1) is 20.5. The van der Waals surface area contributed by atoms with Crippen molar-refractivity contribution in [3.63, 3.8) is 0 Å². The third kappa shape index (κ3) is 4.19. The Morgan fingerprint density at radius 2 is 1.61 bits per heavy atom. The smallest absolute Gasteiger partial charge is 0.410 e. The summed E-state index contributed by atoms with van der Waals surface area (Å²) in [5.41, 5.74) is 2.00. The zero-order valence-electron chi connectivity index (χ0n) is 17.7. The third-order valence-corrected chi connectivity index (χ3v) is 5.90. The SMILES string of the molecule is CC1(C)O[C@H]2OC3[C@H](OCc4ccccc4)CN(C(=O)OCc4ccccc4)[C@@H]3[C@H]2O1. The van der Waals surface area contributed by atoms with E-state index in [0.29, 0.717) is 13.2 Å². The fourth-order valence-corrected chi connectivity index (χ4v) is 4.52. The predicted octanol–water partition coefficient (Wildman–Crippen LogP) is 3.47. The van der Waals surface area contributed by atoms with E-state index in [1.54, 1.807) is 4.90 Å². The lowest BCUT2D eigenvalue weighted by atomic mass is 10.1. The van der Waals surface area contributed by atoms with E-state index in [9.17, 15) is 4.79 Å². The molecular formula is C24H27NO6. The molecule has 0 radical (unpaired) electrons. The Labute approximate surface area is 181 Å². The summed E-state index contributed by atoms with van der Waals surface area (Å²) in [4.78, 5) is 14.7. The summed E-state index contributed by atoms with van der Waals surface area (Å²) in [6, 6.07) is 19.2. The molecule has 3 aliphatic rings. The minimum absolute atomic E-state index is 0.209. The molecule has 0 aliphatic carbocycles. The van der Waals surface area contributed by atoms with E-state index < -0.39 is 18.2 Å². The first-order chi connectivity index (χ1) is 15.0. The highest BCUT2D eigenvalue weighted by molar-refractivity contribution is 5.69. The zero-order valence-corrected chi connectivity index (χ0v) is 17.7. The van der Waals surface area contributed by atoms with Crippen molar-refractivity contribution in [2.75, 3.05) is 6.54 Å². The van der Waals surface area contributed by atoms with Gasteiger partial charge in [0.15, 0.2) is 12.1 Å². The summed E-state index contributed by atoms with van der Waals surface area (Å²) in [7, 11) is 0. The standard InChI is InChI=1S/C24H27NO6/c1-24(2)30-21-19-20(29-22(21)31-24)18(27-14-16-9-5-3-6-10-16)13-25(19)23(26)28-15-17-11-7-4-8-12-17/h3-12,18-22H,13-15H2,1-2H3/t18-,19+,20?,21-,22-/m1/s1. The van der Waals surface area contributed by atoms with Crippen molar-refractivity contribution in [3.05, 3.63) is 71.8 Å². The van der Waals surface area contributed by atoms with Crippen LogP contribution in [-0.4, -0.2) is 54.0 Å². The number of carbonyl (C=O) groups excluding carboxylic acids is 1. The first-order valence-electron chi connectivity index (χ1n) is 10.6. The zero-order chi connectivity index (χ0) is 21.4. The van der Waals surface area contributed by atoms with Crippen LogP contribution < -0.4 is 0 Å². The Kier molecular flexibility index (Phi) is 5.44. The molecule has 2 aromatic carbocycles. The maximum absolute atomic E-state index is 13.0. The largest absolute Gasteiger partial charge is 0.445 e. The van der Waals surface area contributed by atoms with Crippen molar-refractivity contribution in [1.29, 1.82) is 0 Å². The van der Waals surface area contributed by atoms with Gasteiger partial charge >= 0.3 is 6.09 Å². The average molecular weight is 425 g/mol. The van der Waals surface area contributed by atoms with Crippen LogP contribution in [0.15, 0.2) is 60.7 Å². The van der Waals surface area contributed by atoms with Crippen LogP contribution in [-0.2, 0) is 36.9 Å². The number of carbonyl (C=O) groups is 1. The molecule has 3 aliphatic heterocycles. The number of nitrogens with zero attached hydrogens (tertiary/aromatic N) is 1. The summed E-state index contributed by atoms with van der Waals surface area (Å²) >= 11 is 0. The van der Waals surface area contributed by atoms with Crippen molar-refractivity contribution in [3.8, 4) is 0 Å². The summed E-state index contributed by atoms with van der Waals surface area (Å²) in [5.74, 6) is -0.761. The Balaban J connectivity index is 1.30. The molecule has 7 nitrogen and oxygen atoms in total. The van der Waals surface area contributed by atoms with Gasteiger partial charge in [-0.3, -0.25) is 4.90 Å². The molecule has 0 N–H and O–H groups in total. The molecule has 31 heavy (non-hydrogen) atoms. The fourth-order valence-electron chi connectivity index (χ4n) is 4.52. The molecule has 1 unspecified atom stereocenters.